The third kappa shape index (κ3) is 2.44. The van der Waals surface area contributed by atoms with Gasteiger partial charge in [0.2, 0.25) is 0 Å². The lowest BCUT2D eigenvalue weighted by Crippen LogP contribution is -1.92. The van der Waals surface area contributed by atoms with Gasteiger partial charge in [-0.1, -0.05) is 32.1 Å². The summed E-state index contributed by atoms with van der Waals surface area (Å²) in [5.74, 6) is 1.10. The molecule has 52 valence electrons. The highest BCUT2D eigenvalue weighted by atomic mass is 28.2. The first kappa shape index (κ1) is 7.20. The van der Waals surface area contributed by atoms with Crippen LogP contribution in [-0.4, -0.2) is 15.3 Å². The number of rotatable bonds is 3. The lowest BCUT2D eigenvalue weighted by atomic mass is 10.1. The summed E-state index contributed by atoms with van der Waals surface area (Å²) in [4.78, 5) is 0. The fraction of sp³-hybridized carbons (Fsp3) is 0.875. The van der Waals surface area contributed by atoms with E-state index < -0.39 is 0 Å². The normalized spacial score (nSPS) is 20.4. The van der Waals surface area contributed by atoms with Crippen molar-refractivity contribution in [3.8, 4) is 0 Å². The van der Waals surface area contributed by atoms with Gasteiger partial charge in [-0.15, -0.1) is 6.17 Å². The summed E-state index contributed by atoms with van der Waals surface area (Å²) >= 11 is 0. The molecule has 0 amide bonds. The van der Waals surface area contributed by atoms with Gasteiger partial charge in [-0.3, -0.25) is 0 Å². The van der Waals surface area contributed by atoms with Gasteiger partial charge < -0.3 is 0 Å². The molecule has 1 aliphatic carbocycles. The van der Waals surface area contributed by atoms with E-state index in [1.807, 2.05) is 0 Å². The third-order valence-corrected chi connectivity index (χ3v) is 3.00. The lowest BCUT2D eigenvalue weighted by Gasteiger charge is -2.03. The van der Waals surface area contributed by atoms with Gasteiger partial charge in [0.1, 0.15) is 0 Å². The smallest absolute Gasteiger partial charge is 0.0153 e. The molecule has 0 bridgehead atoms. The van der Waals surface area contributed by atoms with Crippen molar-refractivity contribution in [1.82, 2.24) is 0 Å². The minimum atomic E-state index is 0.532. The molecule has 1 rings (SSSR count). The van der Waals surface area contributed by atoms with Crippen LogP contribution < -0.4 is 0 Å². The molecule has 1 fully saturated rings. The van der Waals surface area contributed by atoms with Crippen molar-refractivity contribution in [3.63, 3.8) is 0 Å². The van der Waals surface area contributed by atoms with Crippen LogP contribution in [0.15, 0.2) is 0 Å². The Hall–Kier alpha value is 0.0869. The van der Waals surface area contributed by atoms with Gasteiger partial charge in [0.15, 0.2) is 0 Å². The zero-order chi connectivity index (χ0) is 6.53. The maximum absolute atomic E-state index is 3.93. The van der Waals surface area contributed by atoms with Crippen molar-refractivity contribution >= 4 is 15.3 Å². The first-order chi connectivity index (χ1) is 4.43. The molecule has 9 heavy (non-hydrogen) atoms. The van der Waals surface area contributed by atoms with Crippen LogP contribution in [0.5, 0.6) is 0 Å². The van der Waals surface area contributed by atoms with Crippen LogP contribution in [-0.2, 0) is 0 Å². The van der Waals surface area contributed by atoms with Gasteiger partial charge in [-0.2, -0.15) is 0 Å². The standard InChI is InChI=1S/C8H16Si/c1-9-7-6-8-4-2-3-5-8/h8-9H,1-7H2. The van der Waals surface area contributed by atoms with Crippen LogP contribution in [0.2, 0.25) is 6.04 Å². The summed E-state index contributed by atoms with van der Waals surface area (Å²) in [6, 6.07) is 1.44. The quantitative estimate of drug-likeness (QED) is 0.525. The van der Waals surface area contributed by atoms with Crippen molar-refractivity contribution < 1.29 is 0 Å². The highest BCUT2D eigenvalue weighted by molar-refractivity contribution is 6.40. The second kappa shape index (κ2) is 3.99. The predicted molar refractivity (Wildman–Crippen MR) is 45.7 cm³/mol. The van der Waals surface area contributed by atoms with Crippen LogP contribution in [0.4, 0.5) is 0 Å². The largest absolute Gasteiger partial charge is 0.121 e. The minimum Gasteiger partial charge on any atom is -0.121 e. The van der Waals surface area contributed by atoms with E-state index in [9.17, 15) is 0 Å². The van der Waals surface area contributed by atoms with E-state index in [1.54, 1.807) is 0 Å². The van der Waals surface area contributed by atoms with E-state index in [0.717, 1.165) is 5.92 Å². The molecule has 0 nitrogen and oxygen atoms in total. The second-order valence-corrected chi connectivity index (χ2v) is 4.17. The average molecular weight is 140 g/mol. The zero-order valence-electron chi connectivity index (χ0n) is 6.10. The Labute approximate surface area is 60.1 Å². The highest BCUT2D eigenvalue weighted by Gasteiger charge is 2.12. The van der Waals surface area contributed by atoms with Gasteiger partial charge in [0, 0.05) is 0 Å². The van der Waals surface area contributed by atoms with E-state index in [1.165, 1.54) is 38.1 Å². The Morgan fingerprint density at radius 1 is 1.33 bits per heavy atom. The Bertz CT molecular complexity index is 82.6. The van der Waals surface area contributed by atoms with E-state index in [4.69, 9.17) is 0 Å². The van der Waals surface area contributed by atoms with Crippen molar-refractivity contribution in [1.29, 1.82) is 0 Å². The van der Waals surface area contributed by atoms with E-state index in [-0.39, 0.29) is 0 Å². The minimum absolute atomic E-state index is 0.532. The van der Waals surface area contributed by atoms with Gasteiger partial charge in [-0.05, 0) is 21.1 Å². The van der Waals surface area contributed by atoms with Crippen LogP contribution in [0.25, 0.3) is 0 Å². The van der Waals surface area contributed by atoms with Crippen molar-refractivity contribution in [2.75, 3.05) is 0 Å². The molecule has 1 saturated carbocycles. The molecule has 0 atom stereocenters. The Kier molecular flexibility index (Phi) is 3.19. The molecule has 1 aliphatic rings. The Balaban J connectivity index is 2.04. The summed E-state index contributed by atoms with van der Waals surface area (Å²) in [5, 5.41) is 0. The molecule has 0 aliphatic heterocycles. The molecule has 0 N–H and O–H groups in total. The maximum Gasteiger partial charge on any atom is -0.0153 e. The number of hydrogen-bond donors (Lipinski definition) is 0. The molecule has 0 aromatic heterocycles. The van der Waals surface area contributed by atoms with Crippen LogP contribution in [0.3, 0.4) is 0 Å². The maximum atomic E-state index is 3.93. The van der Waals surface area contributed by atoms with Crippen molar-refractivity contribution in [3.05, 3.63) is 0 Å². The molecule has 0 spiro atoms. The fourth-order valence-electron chi connectivity index (χ4n) is 1.65. The highest BCUT2D eigenvalue weighted by Crippen LogP contribution is 2.28. The Morgan fingerprint density at radius 3 is 2.56 bits per heavy atom. The fourth-order valence-corrected chi connectivity index (χ4v) is 2.36. The van der Waals surface area contributed by atoms with Gasteiger partial charge in [-0.25, -0.2) is 0 Å². The van der Waals surface area contributed by atoms with Gasteiger partial charge in [0.25, 0.3) is 0 Å². The van der Waals surface area contributed by atoms with E-state index in [2.05, 4.69) is 6.17 Å². The van der Waals surface area contributed by atoms with Gasteiger partial charge >= 0.3 is 0 Å². The summed E-state index contributed by atoms with van der Waals surface area (Å²) in [5.41, 5.74) is 0. The average Bonchev–Trinajstić information content (AvgIpc) is 2.34. The van der Waals surface area contributed by atoms with Crippen molar-refractivity contribution in [2.45, 2.75) is 38.1 Å². The second-order valence-electron chi connectivity index (χ2n) is 3.02. The summed E-state index contributed by atoms with van der Waals surface area (Å²) in [6.07, 6.45) is 11.4. The molecule has 0 heterocycles. The topological polar surface area (TPSA) is 0 Å². The summed E-state index contributed by atoms with van der Waals surface area (Å²) in [6.45, 7) is 0. The summed E-state index contributed by atoms with van der Waals surface area (Å²) < 4.78 is 0. The van der Waals surface area contributed by atoms with E-state index in [0.29, 0.717) is 9.13 Å². The molecule has 0 aromatic carbocycles. The van der Waals surface area contributed by atoms with Crippen LogP contribution in [0, 0.1) is 5.92 Å². The van der Waals surface area contributed by atoms with Crippen LogP contribution >= 0.6 is 0 Å². The molecule has 0 radical (unpaired) electrons. The van der Waals surface area contributed by atoms with Crippen LogP contribution in [0.1, 0.15) is 32.1 Å². The van der Waals surface area contributed by atoms with Gasteiger partial charge in [0.05, 0.1) is 0 Å². The number of hydrogen-bond acceptors (Lipinski definition) is 0. The third-order valence-electron chi connectivity index (χ3n) is 2.25. The Morgan fingerprint density at radius 2 is 2.00 bits per heavy atom. The monoisotopic (exact) mass is 140 g/mol. The molecule has 0 aromatic rings. The molecule has 0 unspecified atom stereocenters. The first-order valence-electron chi connectivity index (χ1n) is 4.04. The molecular formula is C8H16Si. The molecule has 1 heteroatoms. The van der Waals surface area contributed by atoms with E-state index >= 15 is 0 Å². The lowest BCUT2D eigenvalue weighted by molar-refractivity contribution is 0.530. The molecular weight excluding hydrogens is 124 g/mol. The zero-order valence-corrected chi connectivity index (χ0v) is 7.26. The predicted octanol–water partition coefficient (Wildman–Crippen LogP) is 1.85. The SMILES string of the molecule is C=[SiH]CCC1CCCC1. The van der Waals surface area contributed by atoms with Crippen molar-refractivity contribution in [2.24, 2.45) is 5.92 Å². The molecule has 0 saturated heterocycles. The summed E-state index contributed by atoms with van der Waals surface area (Å²) in [7, 11) is 0.532. The first-order valence-corrected chi connectivity index (χ1v) is 5.67.